The summed E-state index contributed by atoms with van der Waals surface area (Å²) >= 11 is 6.07. The Hall–Kier alpha value is -3.82. The van der Waals surface area contributed by atoms with E-state index in [4.69, 9.17) is 16.3 Å². The van der Waals surface area contributed by atoms with Gasteiger partial charge in [-0.2, -0.15) is 5.10 Å². The van der Waals surface area contributed by atoms with Crippen molar-refractivity contribution in [2.75, 3.05) is 6.61 Å². The molecule has 2 aliphatic heterocycles. The number of rotatable bonds is 5. The predicted molar refractivity (Wildman–Crippen MR) is 143 cm³/mol. The lowest BCUT2D eigenvalue weighted by Gasteiger charge is -2.40. The van der Waals surface area contributed by atoms with E-state index in [1.807, 2.05) is 36.0 Å². The highest BCUT2D eigenvalue weighted by atomic mass is 35.5. The van der Waals surface area contributed by atoms with Crippen molar-refractivity contribution in [3.8, 4) is 16.9 Å². The molecule has 6 rings (SSSR count). The Morgan fingerprint density at radius 2 is 1.95 bits per heavy atom. The lowest BCUT2D eigenvalue weighted by molar-refractivity contribution is -0.0394. The van der Waals surface area contributed by atoms with Crippen molar-refractivity contribution in [3.05, 3.63) is 94.5 Å². The van der Waals surface area contributed by atoms with Crippen molar-refractivity contribution in [2.45, 2.75) is 50.9 Å². The zero-order valence-electron chi connectivity index (χ0n) is 21.5. The molecule has 1 amide bonds. The van der Waals surface area contributed by atoms with Gasteiger partial charge in [-0.15, -0.1) is 0 Å². The molecule has 1 saturated heterocycles. The molecule has 0 bridgehead atoms. The summed E-state index contributed by atoms with van der Waals surface area (Å²) < 4.78 is 23.2. The van der Waals surface area contributed by atoms with E-state index in [0.717, 1.165) is 36.0 Å². The normalized spacial score (nSPS) is 21.7. The van der Waals surface area contributed by atoms with Crippen LogP contribution in [-0.2, 0) is 10.3 Å². The van der Waals surface area contributed by atoms with Crippen LogP contribution in [0.15, 0.2) is 61.2 Å². The molecule has 4 aromatic rings. The third kappa shape index (κ3) is 4.17. The quantitative estimate of drug-likeness (QED) is 0.307. The van der Waals surface area contributed by atoms with Gasteiger partial charge in [0.15, 0.2) is 11.0 Å². The van der Waals surface area contributed by atoms with Gasteiger partial charge in [0.05, 0.1) is 12.2 Å². The first kappa shape index (κ1) is 25.5. The van der Waals surface area contributed by atoms with Crippen molar-refractivity contribution in [1.29, 1.82) is 0 Å². The van der Waals surface area contributed by atoms with Crippen LogP contribution < -0.4 is 0 Å². The minimum atomic E-state index is -1.28. The molecule has 10 heteroatoms. The Morgan fingerprint density at radius 1 is 1.15 bits per heavy atom. The van der Waals surface area contributed by atoms with E-state index in [2.05, 4.69) is 15.1 Å². The molecule has 1 fully saturated rings. The molecular formula is C29H27ClFN5O3. The average molecular weight is 548 g/mol. The number of halogens is 2. The number of fused-ring (bicyclic) bond motifs is 1. The molecule has 2 aromatic heterocycles. The van der Waals surface area contributed by atoms with Gasteiger partial charge in [0.1, 0.15) is 29.5 Å². The number of hydrogen-bond donors (Lipinski definition) is 1. The minimum Gasteiger partial charge on any atom is -0.508 e. The number of phenolic OH excluding ortho intramolecular Hbond substituents is 1. The highest BCUT2D eigenvalue weighted by Gasteiger charge is 2.52. The summed E-state index contributed by atoms with van der Waals surface area (Å²) in [4.78, 5) is 23.8. The maximum Gasteiger partial charge on any atom is 0.255 e. The average Bonchev–Trinajstić information content (AvgIpc) is 3.53. The number of aromatic hydroxyl groups is 1. The predicted octanol–water partition coefficient (Wildman–Crippen LogP) is 6.02. The highest BCUT2D eigenvalue weighted by molar-refractivity contribution is 6.29. The van der Waals surface area contributed by atoms with Crippen LogP contribution in [-0.4, -0.2) is 42.3 Å². The van der Waals surface area contributed by atoms with E-state index < -0.39 is 17.4 Å². The lowest BCUT2D eigenvalue weighted by Crippen LogP contribution is -2.45. The number of carbonyl (C=O) groups is 1. The van der Waals surface area contributed by atoms with Crippen LogP contribution in [0.25, 0.3) is 11.1 Å². The number of aromatic nitrogens is 4. The third-order valence-corrected chi connectivity index (χ3v) is 8.09. The molecule has 0 radical (unpaired) electrons. The number of nitrogens with zero attached hydrogens (tertiary/aromatic N) is 5. The zero-order valence-corrected chi connectivity index (χ0v) is 22.3. The van der Waals surface area contributed by atoms with E-state index in [-0.39, 0.29) is 28.7 Å². The molecule has 2 aliphatic rings. The molecule has 1 N–H and O–H groups in total. The van der Waals surface area contributed by atoms with Crippen molar-refractivity contribution in [2.24, 2.45) is 0 Å². The standard InChI is InChI=1S/C29H27ClFN5O3/c1-17(18-6-9-21(37)10-7-18)36-28(38)22-13-19(20-14-34-35(15-20)24-5-3-4-12-39-24)8-11-23(22)29(36,2)26-25(31)27(30)33-16-32-26/h6-11,13-17,24,37H,3-5,12H2,1-2H3/t17-,24?,29?/m1/s1. The van der Waals surface area contributed by atoms with Gasteiger partial charge in [0.2, 0.25) is 0 Å². The van der Waals surface area contributed by atoms with Crippen LogP contribution in [0.3, 0.4) is 0 Å². The Morgan fingerprint density at radius 3 is 2.69 bits per heavy atom. The molecule has 3 atom stereocenters. The van der Waals surface area contributed by atoms with E-state index in [0.29, 0.717) is 17.7 Å². The molecule has 2 aromatic carbocycles. The largest absolute Gasteiger partial charge is 0.508 e. The molecule has 200 valence electrons. The number of hydrogen-bond acceptors (Lipinski definition) is 6. The Balaban J connectivity index is 1.46. The first-order valence-electron chi connectivity index (χ1n) is 12.9. The van der Waals surface area contributed by atoms with Crippen LogP contribution in [0, 0.1) is 5.82 Å². The van der Waals surface area contributed by atoms with E-state index in [1.165, 1.54) is 6.33 Å². The number of phenols is 1. The summed E-state index contributed by atoms with van der Waals surface area (Å²) in [6.45, 7) is 4.35. The maximum absolute atomic E-state index is 15.5. The number of amides is 1. The summed E-state index contributed by atoms with van der Waals surface area (Å²) in [5.41, 5.74) is 2.22. The second-order valence-electron chi connectivity index (χ2n) is 10.1. The topological polar surface area (TPSA) is 93.4 Å². The van der Waals surface area contributed by atoms with Crippen LogP contribution in [0.1, 0.15) is 72.6 Å². The fourth-order valence-electron chi connectivity index (χ4n) is 5.76. The van der Waals surface area contributed by atoms with Gasteiger partial charge < -0.3 is 14.7 Å². The van der Waals surface area contributed by atoms with E-state index in [9.17, 15) is 9.90 Å². The van der Waals surface area contributed by atoms with Crippen molar-refractivity contribution in [1.82, 2.24) is 24.6 Å². The van der Waals surface area contributed by atoms with Crippen molar-refractivity contribution < 1.29 is 19.0 Å². The summed E-state index contributed by atoms with van der Waals surface area (Å²) in [5.74, 6) is -0.933. The van der Waals surface area contributed by atoms with Crippen LogP contribution >= 0.6 is 11.6 Å². The zero-order chi connectivity index (χ0) is 27.3. The fraction of sp³-hybridized carbons (Fsp3) is 0.310. The van der Waals surface area contributed by atoms with Gasteiger partial charge in [-0.25, -0.2) is 19.0 Å². The summed E-state index contributed by atoms with van der Waals surface area (Å²) in [6, 6.07) is 11.7. The highest BCUT2D eigenvalue weighted by Crippen LogP contribution is 2.49. The minimum absolute atomic E-state index is 0.00949. The Bertz CT molecular complexity index is 1550. The number of benzene rings is 2. The van der Waals surface area contributed by atoms with Gasteiger partial charge in [-0.1, -0.05) is 35.9 Å². The Kier molecular flexibility index (Phi) is 6.35. The lowest BCUT2D eigenvalue weighted by atomic mass is 9.85. The van der Waals surface area contributed by atoms with Crippen LogP contribution in [0.5, 0.6) is 5.75 Å². The van der Waals surface area contributed by atoms with Gasteiger partial charge in [-0.3, -0.25) is 4.79 Å². The molecule has 2 unspecified atom stereocenters. The maximum atomic E-state index is 15.5. The fourth-order valence-corrected chi connectivity index (χ4v) is 5.89. The molecule has 0 aliphatic carbocycles. The van der Waals surface area contributed by atoms with Gasteiger partial charge in [0, 0.05) is 23.9 Å². The van der Waals surface area contributed by atoms with Gasteiger partial charge in [-0.05, 0) is 68.0 Å². The summed E-state index contributed by atoms with van der Waals surface area (Å²) in [5, 5.41) is 14.0. The molecule has 8 nitrogen and oxygen atoms in total. The number of carbonyl (C=O) groups excluding carboxylic acids is 1. The monoisotopic (exact) mass is 547 g/mol. The number of ether oxygens (including phenoxy) is 1. The van der Waals surface area contributed by atoms with E-state index >= 15 is 4.39 Å². The van der Waals surface area contributed by atoms with Crippen molar-refractivity contribution >= 4 is 17.5 Å². The van der Waals surface area contributed by atoms with Crippen LogP contribution in [0.2, 0.25) is 5.15 Å². The second-order valence-corrected chi connectivity index (χ2v) is 10.5. The summed E-state index contributed by atoms with van der Waals surface area (Å²) in [7, 11) is 0. The second kappa shape index (κ2) is 9.73. The van der Waals surface area contributed by atoms with Gasteiger partial charge >= 0.3 is 0 Å². The van der Waals surface area contributed by atoms with Gasteiger partial charge in [0.25, 0.3) is 5.91 Å². The first-order valence-corrected chi connectivity index (χ1v) is 13.3. The van der Waals surface area contributed by atoms with Crippen molar-refractivity contribution in [3.63, 3.8) is 0 Å². The SMILES string of the molecule is C[C@H](c1ccc(O)cc1)N1C(=O)c2cc(-c3cnn(C4CCCCO4)c3)ccc2C1(C)c1ncnc(Cl)c1F. The third-order valence-electron chi connectivity index (χ3n) is 7.83. The van der Waals surface area contributed by atoms with E-state index in [1.54, 1.807) is 42.3 Å². The molecule has 39 heavy (non-hydrogen) atoms. The molecular weight excluding hydrogens is 521 g/mol. The van der Waals surface area contributed by atoms with Crippen LogP contribution in [0.4, 0.5) is 4.39 Å². The first-order chi connectivity index (χ1) is 18.8. The smallest absolute Gasteiger partial charge is 0.255 e. The molecule has 0 spiro atoms. The molecule has 0 saturated carbocycles. The summed E-state index contributed by atoms with van der Waals surface area (Å²) in [6.07, 6.45) is 7.83. The Labute approximate surface area is 230 Å². The molecule has 4 heterocycles.